The fourth-order valence-electron chi connectivity index (χ4n) is 2.41. The average Bonchev–Trinajstić information content (AvgIpc) is 2.78. The fourth-order valence-corrected chi connectivity index (χ4v) is 2.53. The zero-order valence-corrected chi connectivity index (χ0v) is 11.9. The minimum Gasteiger partial charge on any atom is -0.398 e. The third kappa shape index (κ3) is 2.72. The monoisotopic (exact) mass is 292 g/mol. The lowest BCUT2D eigenvalue weighted by atomic mass is 10.2. The molecule has 0 radical (unpaired) electrons. The molecule has 0 spiro atoms. The maximum absolute atomic E-state index is 5.91. The van der Waals surface area contributed by atoms with Crippen LogP contribution in [0.25, 0.3) is 11.5 Å². The van der Waals surface area contributed by atoms with E-state index in [0.29, 0.717) is 22.5 Å². The Morgan fingerprint density at radius 3 is 2.60 bits per heavy atom. The van der Waals surface area contributed by atoms with Gasteiger partial charge in [0.15, 0.2) is 0 Å². The summed E-state index contributed by atoms with van der Waals surface area (Å²) >= 11 is 5.91. The summed E-state index contributed by atoms with van der Waals surface area (Å²) in [5.74, 6) is 1.14. The molecule has 1 aromatic heterocycles. The number of halogens is 1. The molecule has 0 aliphatic carbocycles. The SMILES string of the molecule is Nc1cc(-c2nc(N3CCCCCC3)no2)ccc1Cl. The summed E-state index contributed by atoms with van der Waals surface area (Å²) in [7, 11) is 0. The average molecular weight is 293 g/mol. The highest BCUT2D eigenvalue weighted by atomic mass is 35.5. The molecule has 2 aromatic rings. The molecule has 0 unspecified atom stereocenters. The Balaban J connectivity index is 1.83. The summed E-state index contributed by atoms with van der Waals surface area (Å²) in [6.07, 6.45) is 4.90. The summed E-state index contributed by atoms with van der Waals surface area (Å²) in [4.78, 5) is 6.65. The van der Waals surface area contributed by atoms with Crippen LogP contribution in [0.4, 0.5) is 11.6 Å². The van der Waals surface area contributed by atoms with E-state index in [-0.39, 0.29) is 0 Å². The molecular formula is C14H17ClN4O. The van der Waals surface area contributed by atoms with Gasteiger partial charge in [0.25, 0.3) is 11.8 Å². The van der Waals surface area contributed by atoms with Gasteiger partial charge in [-0.3, -0.25) is 0 Å². The van der Waals surface area contributed by atoms with Gasteiger partial charge in [-0.15, -0.1) is 0 Å². The lowest BCUT2D eigenvalue weighted by Gasteiger charge is -2.16. The second-order valence-corrected chi connectivity index (χ2v) is 5.44. The quantitative estimate of drug-likeness (QED) is 0.860. The minimum absolute atomic E-state index is 0.479. The Labute approximate surface area is 122 Å². The minimum atomic E-state index is 0.479. The van der Waals surface area contributed by atoms with Crippen molar-refractivity contribution in [1.29, 1.82) is 0 Å². The summed E-state index contributed by atoms with van der Waals surface area (Å²) in [6.45, 7) is 1.98. The zero-order valence-electron chi connectivity index (χ0n) is 11.2. The van der Waals surface area contributed by atoms with E-state index in [4.69, 9.17) is 21.9 Å². The maximum atomic E-state index is 5.91. The molecule has 0 atom stereocenters. The molecule has 1 aliphatic rings. The summed E-state index contributed by atoms with van der Waals surface area (Å²) in [5, 5.41) is 4.60. The summed E-state index contributed by atoms with van der Waals surface area (Å²) in [5.41, 5.74) is 7.10. The van der Waals surface area contributed by atoms with Crippen LogP contribution in [0.5, 0.6) is 0 Å². The van der Waals surface area contributed by atoms with Crippen LogP contribution in [0, 0.1) is 0 Å². The van der Waals surface area contributed by atoms with Crippen molar-refractivity contribution in [3.63, 3.8) is 0 Å². The molecule has 1 saturated heterocycles. The van der Waals surface area contributed by atoms with Gasteiger partial charge >= 0.3 is 0 Å². The van der Waals surface area contributed by atoms with E-state index in [9.17, 15) is 0 Å². The molecule has 1 fully saturated rings. The van der Waals surface area contributed by atoms with Crippen LogP contribution in [-0.2, 0) is 0 Å². The molecule has 5 nitrogen and oxygen atoms in total. The van der Waals surface area contributed by atoms with Crippen LogP contribution in [0.3, 0.4) is 0 Å². The van der Waals surface area contributed by atoms with Crippen LogP contribution < -0.4 is 10.6 Å². The van der Waals surface area contributed by atoms with Crippen molar-refractivity contribution >= 4 is 23.2 Å². The fraction of sp³-hybridized carbons (Fsp3) is 0.429. The molecule has 20 heavy (non-hydrogen) atoms. The number of nitrogen functional groups attached to an aromatic ring is 1. The third-order valence-corrected chi connectivity index (χ3v) is 3.89. The molecular weight excluding hydrogens is 276 g/mol. The molecule has 0 amide bonds. The lowest BCUT2D eigenvalue weighted by molar-refractivity contribution is 0.429. The van der Waals surface area contributed by atoms with E-state index in [0.717, 1.165) is 18.7 Å². The van der Waals surface area contributed by atoms with Crippen LogP contribution in [0.15, 0.2) is 22.7 Å². The largest absolute Gasteiger partial charge is 0.398 e. The van der Waals surface area contributed by atoms with Gasteiger partial charge in [-0.1, -0.05) is 24.4 Å². The highest BCUT2D eigenvalue weighted by Gasteiger charge is 2.17. The molecule has 6 heteroatoms. The van der Waals surface area contributed by atoms with Crippen molar-refractivity contribution in [2.24, 2.45) is 0 Å². The van der Waals surface area contributed by atoms with E-state index >= 15 is 0 Å². The highest BCUT2D eigenvalue weighted by molar-refractivity contribution is 6.33. The second kappa shape index (κ2) is 5.71. The zero-order chi connectivity index (χ0) is 13.9. The number of anilines is 2. The first kappa shape index (κ1) is 13.2. The first-order valence-corrected chi connectivity index (χ1v) is 7.26. The molecule has 0 saturated carbocycles. The molecule has 1 aliphatic heterocycles. The van der Waals surface area contributed by atoms with Gasteiger partial charge in [0.1, 0.15) is 0 Å². The van der Waals surface area contributed by atoms with Gasteiger partial charge in [0.2, 0.25) is 0 Å². The first-order chi connectivity index (χ1) is 9.74. The molecule has 3 rings (SSSR count). The van der Waals surface area contributed by atoms with Crippen molar-refractivity contribution in [2.45, 2.75) is 25.7 Å². The molecule has 2 N–H and O–H groups in total. The van der Waals surface area contributed by atoms with E-state index in [1.54, 1.807) is 12.1 Å². The summed E-state index contributed by atoms with van der Waals surface area (Å²) < 4.78 is 5.34. The van der Waals surface area contributed by atoms with Crippen LogP contribution >= 0.6 is 11.6 Å². The predicted octanol–water partition coefficient (Wildman–Crippen LogP) is 3.35. The van der Waals surface area contributed by atoms with Crippen LogP contribution in [-0.4, -0.2) is 23.2 Å². The van der Waals surface area contributed by atoms with Gasteiger partial charge in [-0.05, 0) is 36.2 Å². The maximum Gasteiger partial charge on any atom is 0.266 e. The van der Waals surface area contributed by atoms with E-state index in [1.165, 1.54) is 25.7 Å². The predicted molar refractivity (Wildman–Crippen MR) is 79.8 cm³/mol. The van der Waals surface area contributed by atoms with E-state index < -0.39 is 0 Å². The van der Waals surface area contributed by atoms with Crippen molar-refractivity contribution in [1.82, 2.24) is 10.1 Å². The van der Waals surface area contributed by atoms with Crippen molar-refractivity contribution in [3.05, 3.63) is 23.2 Å². The molecule has 2 heterocycles. The number of nitrogens with zero attached hydrogens (tertiary/aromatic N) is 3. The van der Waals surface area contributed by atoms with Crippen LogP contribution in [0.1, 0.15) is 25.7 Å². The third-order valence-electron chi connectivity index (χ3n) is 3.55. The van der Waals surface area contributed by atoms with Gasteiger partial charge < -0.3 is 15.2 Å². The second-order valence-electron chi connectivity index (χ2n) is 5.04. The van der Waals surface area contributed by atoms with E-state index in [1.807, 2.05) is 6.07 Å². The Morgan fingerprint density at radius 2 is 1.90 bits per heavy atom. The normalized spacial score (nSPS) is 16.1. The number of rotatable bonds is 2. The Kier molecular flexibility index (Phi) is 3.78. The Morgan fingerprint density at radius 1 is 1.15 bits per heavy atom. The standard InChI is InChI=1S/C14H17ClN4O/c15-11-6-5-10(9-12(11)16)13-17-14(18-20-13)19-7-3-1-2-4-8-19/h5-6,9H,1-4,7-8,16H2. The van der Waals surface area contributed by atoms with Crippen LogP contribution in [0.2, 0.25) is 5.02 Å². The molecule has 0 bridgehead atoms. The Hall–Kier alpha value is -1.75. The van der Waals surface area contributed by atoms with Crippen molar-refractivity contribution in [3.8, 4) is 11.5 Å². The number of hydrogen-bond donors (Lipinski definition) is 1. The number of aromatic nitrogens is 2. The van der Waals surface area contributed by atoms with Crippen molar-refractivity contribution < 1.29 is 4.52 Å². The highest BCUT2D eigenvalue weighted by Crippen LogP contribution is 2.27. The molecule has 106 valence electrons. The lowest BCUT2D eigenvalue weighted by Crippen LogP contribution is -2.24. The first-order valence-electron chi connectivity index (χ1n) is 6.88. The van der Waals surface area contributed by atoms with Gasteiger partial charge in [-0.25, -0.2) is 0 Å². The summed E-state index contributed by atoms with van der Waals surface area (Å²) in [6, 6.07) is 5.32. The smallest absolute Gasteiger partial charge is 0.266 e. The number of benzene rings is 1. The van der Waals surface area contributed by atoms with Gasteiger partial charge in [0.05, 0.1) is 10.7 Å². The molecule has 1 aromatic carbocycles. The van der Waals surface area contributed by atoms with Gasteiger partial charge in [-0.2, -0.15) is 4.98 Å². The number of hydrogen-bond acceptors (Lipinski definition) is 5. The van der Waals surface area contributed by atoms with E-state index in [2.05, 4.69) is 15.0 Å². The topological polar surface area (TPSA) is 68.2 Å². The Bertz CT molecular complexity index is 591. The van der Waals surface area contributed by atoms with Crippen molar-refractivity contribution in [2.75, 3.05) is 23.7 Å². The van der Waals surface area contributed by atoms with Gasteiger partial charge in [0, 0.05) is 18.7 Å². The number of nitrogens with two attached hydrogens (primary N) is 1.